The van der Waals surface area contributed by atoms with E-state index in [1.54, 1.807) is 18.2 Å². The molecule has 0 fully saturated rings. The second kappa shape index (κ2) is 10.2. The molecule has 0 heterocycles. The molecule has 10 nitrogen and oxygen atoms in total. The van der Waals surface area contributed by atoms with Gasteiger partial charge < -0.3 is 26.0 Å². The minimum atomic E-state index is -4.06. The summed E-state index contributed by atoms with van der Waals surface area (Å²) >= 11 is 0. The Hall–Kier alpha value is -3.45. The first-order valence-corrected chi connectivity index (χ1v) is 11.7. The van der Waals surface area contributed by atoms with Crippen molar-refractivity contribution >= 4 is 50.9 Å². The molecule has 1 unspecified atom stereocenters. The third kappa shape index (κ3) is 5.54. The van der Waals surface area contributed by atoms with Gasteiger partial charge in [-0.25, -0.2) is 13.1 Å². The molecule has 0 aliphatic rings. The van der Waals surface area contributed by atoms with E-state index in [9.17, 15) is 18.0 Å². The third-order valence-corrected chi connectivity index (χ3v) is 6.71. The van der Waals surface area contributed by atoms with Gasteiger partial charge in [-0.15, -0.1) is 0 Å². The number of nitrogens with one attached hydrogen (secondary N) is 2. The first-order chi connectivity index (χ1) is 16.0. The van der Waals surface area contributed by atoms with Crippen molar-refractivity contribution in [3.63, 3.8) is 0 Å². The summed E-state index contributed by atoms with van der Waals surface area (Å²) in [5, 5.41) is 21.9. The van der Waals surface area contributed by atoms with Crippen molar-refractivity contribution in [1.82, 2.24) is 10.0 Å². The van der Waals surface area contributed by atoms with E-state index < -0.39 is 41.5 Å². The highest BCUT2D eigenvalue weighted by Gasteiger charge is 2.24. The number of nitrogens with two attached hydrogens (primary N) is 1. The van der Waals surface area contributed by atoms with Gasteiger partial charge in [-0.05, 0) is 29.7 Å². The Morgan fingerprint density at radius 2 is 1.62 bits per heavy atom. The fraction of sp³-hybridized carbons (Fsp3) is 0.182. The number of benzene rings is 3. The molecule has 6 N–H and O–H groups in total. The molecule has 3 aromatic carbocycles. The van der Waals surface area contributed by atoms with E-state index in [4.69, 9.17) is 15.8 Å². The molecular formula is C22H25BN4O6S. The molecule has 0 spiro atoms. The zero-order valence-electron chi connectivity index (χ0n) is 18.6. The first-order valence-electron chi connectivity index (χ1n) is 10.3. The minimum Gasteiger partial charge on any atom is -0.423 e. The van der Waals surface area contributed by atoms with E-state index in [0.29, 0.717) is 5.39 Å². The number of fused-ring (bicyclic) bond motifs is 1. The van der Waals surface area contributed by atoms with Crippen molar-refractivity contribution in [2.45, 2.75) is 10.9 Å². The van der Waals surface area contributed by atoms with E-state index >= 15 is 0 Å². The summed E-state index contributed by atoms with van der Waals surface area (Å²) in [6.45, 7) is -0.458. The van der Waals surface area contributed by atoms with Gasteiger partial charge in [-0.1, -0.05) is 36.4 Å². The predicted octanol–water partition coefficient (Wildman–Crippen LogP) is -0.852. The van der Waals surface area contributed by atoms with Crippen LogP contribution in [0.1, 0.15) is 10.4 Å². The summed E-state index contributed by atoms with van der Waals surface area (Å²) < 4.78 is 28.5. The highest BCUT2D eigenvalue weighted by molar-refractivity contribution is 7.89. The molecule has 3 aromatic rings. The van der Waals surface area contributed by atoms with Crippen molar-refractivity contribution in [2.24, 2.45) is 5.73 Å². The predicted molar refractivity (Wildman–Crippen MR) is 130 cm³/mol. The lowest BCUT2D eigenvalue weighted by Crippen LogP contribution is -2.51. The molecule has 2 amide bonds. The summed E-state index contributed by atoms with van der Waals surface area (Å²) in [5.41, 5.74) is 6.53. The van der Waals surface area contributed by atoms with Gasteiger partial charge in [0.15, 0.2) is 0 Å². The lowest BCUT2D eigenvalue weighted by Gasteiger charge is -2.19. The molecule has 12 heteroatoms. The van der Waals surface area contributed by atoms with Crippen LogP contribution in [0, 0.1) is 0 Å². The largest absolute Gasteiger partial charge is 0.488 e. The van der Waals surface area contributed by atoms with Crippen molar-refractivity contribution in [3.05, 3.63) is 66.2 Å². The second-order valence-corrected chi connectivity index (χ2v) is 9.53. The Morgan fingerprint density at radius 1 is 1.00 bits per heavy atom. The first kappa shape index (κ1) is 25.2. The third-order valence-electron chi connectivity index (χ3n) is 5.23. The van der Waals surface area contributed by atoms with Crippen LogP contribution in [0.15, 0.2) is 65.6 Å². The SMILES string of the molecule is CN(C)c1cccc2c(S(=O)(=O)NCC(NC(=O)c3ccc(B(O)O)cc3)C(N)=O)cccc12. The van der Waals surface area contributed by atoms with Gasteiger partial charge >= 0.3 is 7.12 Å². The van der Waals surface area contributed by atoms with Crippen LogP contribution in [0.2, 0.25) is 0 Å². The van der Waals surface area contributed by atoms with E-state index in [1.807, 2.05) is 31.1 Å². The number of primary amides is 1. The minimum absolute atomic E-state index is 0.0291. The van der Waals surface area contributed by atoms with Gasteiger partial charge in [0.2, 0.25) is 15.9 Å². The summed E-state index contributed by atoms with van der Waals surface area (Å²) in [6.07, 6.45) is 0. The fourth-order valence-electron chi connectivity index (χ4n) is 3.43. The van der Waals surface area contributed by atoms with Crippen molar-refractivity contribution in [3.8, 4) is 0 Å². The van der Waals surface area contributed by atoms with Crippen LogP contribution >= 0.6 is 0 Å². The monoisotopic (exact) mass is 484 g/mol. The topological polar surface area (TPSA) is 162 Å². The van der Waals surface area contributed by atoms with Gasteiger partial charge in [-0.2, -0.15) is 0 Å². The number of hydrogen-bond acceptors (Lipinski definition) is 7. The molecule has 0 saturated carbocycles. The van der Waals surface area contributed by atoms with Crippen molar-refractivity contribution in [1.29, 1.82) is 0 Å². The van der Waals surface area contributed by atoms with Crippen molar-refractivity contribution in [2.75, 3.05) is 25.5 Å². The lowest BCUT2D eigenvalue weighted by atomic mass is 9.80. The number of carbonyl (C=O) groups excluding carboxylic acids is 2. The summed E-state index contributed by atoms with van der Waals surface area (Å²) in [6, 6.07) is 14.3. The average molecular weight is 484 g/mol. The van der Waals surface area contributed by atoms with Crippen LogP contribution in [0.5, 0.6) is 0 Å². The summed E-state index contributed by atoms with van der Waals surface area (Å²) in [4.78, 5) is 26.3. The Morgan fingerprint density at radius 3 is 2.21 bits per heavy atom. The number of amides is 2. The molecule has 0 aromatic heterocycles. The number of rotatable bonds is 9. The maximum Gasteiger partial charge on any atom is 0.488 e. The van der Waals surface area contributed by atoms with Gasteiger partial charge in [0.05, 0.1) is 4.90 Å². The number of anilines is 1. The number of carbonyl (C=O) groups is 2. The molecule has 0 aliphatic carbocycles. The standard InChI is InChI=1S/C22H25BN4O6S/c1-27(2)19-7-3-6-17-16(19)5-4-8-20(17)34(32,33)25-13-18(21(24)28)26-22(29)14-9-11-15(12-10-14)23(30)31/h3-12,18,25,30-31H,13H2,1-2H3,(H2,24,28)(H,26,29). The van der Waals surface area contributed by atoms with Crippen LogP contribution in [-0.4, -0.2) is 64.1 Å². The van der Waals surface area contributed by atoms with Crippen LogP contribution in [0.3, 0.4) is 0 Å². The van der Waals surface area contributed by atoms with Crippen LogP contribution < -0.4 is 26.1 Å². The normalized spacial score (nSPS) is 12.2. The molecule has 0 aliphatic heterocycles. The molecule has 0 saturated heterocycles. The van der Waals surface area contributed by atoms with E-state index in [2.05, 4.69) is 10.0 Å². The van der Waals surface area contributed by atoms with Crippen LogP contribution in [-0.2, 0) is 14.8 Å². The zero-order valence-corrected chi connectivity index (χ0v) is 19.4. The smallest absolute Gasteiger partial charge is 0.423 e. The Labute approximate surface area is 197 Å². The second-order valence-electron chi connectivity index (χ2n) is 7.80. The van der Waals surface area contributed by atoms with Crippen LogP contribution in [0.25, 0.3) is 10.8 Å². The van der Waals surface area contributed by atoms with Gasteiger partial charge in [0, 0.05) is 42.7 Å². The van der Waals surface area contributed by atoms with Crippen LogP contribution in [0.4, 0.5) is 5.69 Å². The van der Waals surface area contributed by atoms with Crippen molar-refractivity contribution < 1.29 is 28.1 Å². The highest BCUT2D eigenvalue weighted by atomic mass is 32.2. The Bertz CT molecular complexity index is 1310. The number of nitrogens with zero attached hydrogens (tertiary/aromatic N) is 1. The fourth-order valence-corrected chi connectivity index (χ4v) is 4.70. The molecule has 0 bridgehead atoms. The number of sulfonamides is 1. The molecule has 3 rings (SSSR count). The molecule has 178 valence electrons. The van der Waals surface area contributed by atoms with E-state index in [1.165, 1.54) is 30.3 Å². The zero-order chi connectivity index (χ0) is 25.0. The molecule has 1 atom stereocenters. The maximum atomic E-state index is 13.1. The lowest BCUT2D eigenvalue weighted by molar-refractivity contribution is -0.119. The van der Waals surface area contributed by atoms with E-state index in [-0.39, 0.29) is 15.9 Å². The number of hydrogen-bond donors (Lipinski definition) is 5. The van der Waals surface area contributed by atoms with Gasteiger partial charge in [0.25, 0.3) is 5.91 Å². The quantitative estimate of drug-likeness (QED) is 0.247. The molecule has 34 heavy (non-hydrogen) atoms. The maximum absolute atomic E-state index is 13.1. The molecular weight excluding hydrogens is 459 g/mol. The highest BCUT2D eigenvalue weighted by Crippen LogP contribution is 2.30. The van der Waals surface area contributed by atoms with E-state index in [0.717, 1.165) is 11.1 Å². The summed E-state index contributed by atoms with van der Waals surface area (Å²) in [5.74, 6) is -1.60. The average Bonchev–Trinajstić information content (AvgIpc) is 2.80. The summed E-state index contributed by atoms with van der Waals surface area (Å²) in [7, 11) is -2.03. The molecule has 0 radical (unpaired) electrons. The van der Waals surface area contributed by atoms with Gasteiger partial charge in [0.1, 0.15) is 6.04 Å². The Balaban J connectivity index is 1.79. The van der Waals surface area contributed by atoms with Gasteiger partial charge in [-0.3, -0.25) is 9.59 Å². The Kier molecular flexibility index (Phi) is 7.57.